The van der Waals surface area contributed by atoms with Crippen molar-refractivity contribution >= 4 is 17.9 Å². The molecule has 324 valence electrons. The zero-order valence-corrected chi connectivity index (χ0v) is 35.8. The fourth-order valence-electron chi connectivity index (χ4n) is 12.7. The minimum Gasteiger partial charge on any atom is -0.469 e. The first kappa shape index (κ1) is 44.4. The molecule has 6 fully saturated rings. The number of fused-ring (bicyclic) bond motifs is 11. The Morgan fingerprint density at radius 2 is 1.37 bits per heavy atom. The van der Waals surface area contributed by atoms with Crippen molar-refractivity contribution < 1.29 is 42.8 Å². The van der Waals surface area contributed by atoms with Crippen molar-refractivity contribution in [2.45, 2.75) is 134 Å². The molecule has 15 unspecified atom stereocenters. The average Bonchev–Trinajstić information content (AvgIpc) is 3.88. The summed E-state index contributed by atoms with van der Waals surface area (Å²) in [6.07, 6.45) is 9.66. The Morgan fingerprint density at radius 3 is 2.07 bits per heavy atom. The second-order valence-corrected chi connectivity index (χ2v) is 18.6. The maximum Gasteiger partial charge on any atom is 0.310 e. The molecule has 5 heterocycles. The molecular formula is C44H74N4O9. The van der Waals surface area contributed by atoms with Crippen molar-refractivity contribution in [3.8, 4) is 0 Å². The van der Waals surface area contributed by atoms with Crippen LogP contribution in [-0.2, 0) is 42.8 Å². The minimum absolute atomic E-state index is 0.0192. The van der Waals surface area contributed by atoms with Crippen LogP contribution in [0.4, 0.5) is 0 Å². The van der Waals surface area contributed by atoms with Gasteiger partial charge in [0, 0.05) is 67.3 Å². The second kappa shape index (κ2) is 20.0. The summed E-state index contributed by atoms with van der Waals surface area (Å²) < 4.78 is 32.4. The number of nitrogens with one attached hydrogen (secondary N) is 4. The van der Waals surface area contributed by atoms with Gasteiger partial charge in [0.2, 0.25) is 0 Å². The van der Waals surface area contributed by atoms with E-state index in [-0.39, 0.29) is 66.7 Å². The van der Waals surface area contributed by atoms with Gasteiger partial charge < -0.3 is 49.7 Å². The number of carbonyl (C=O) groups is 3. The van der Waals surface area contributed by atoms with Gasteiger partial charge in [0.15, 0.2) is 0 Å². The summed E-state index contributed by atoms with van der Waals surface area (Å²) in [6, 6.07) is 1.94. The third-order valence-corrected chi connectivity index (χ3v) is 15.7. The summed E-state index contributed by atoms with van der Waals surface area (Å²) in [4.78, 5) is 40.1. The van der Waals surface area contributed by atoms with Gasteiger partial charge in [0.1, 0.15) is 6.61 Å². The van der Waals surface area contributed by atoms with Gasteiger partial charge in [0.05, 0.1) is 59.1 Å². The third kappa shape index (κ3) is 9.60. The van der Waals surface area contributed by atoms with Gasteiger partial charge in [-0.2, -0.15) is 0 Å². The Hall–Kier alpha value is -2.13. The van der Waals surface area contributed by atoms with E-state index in [9.17, 15) is 14.4 Å². The van der Waals surface area contributed by atoms with Gasteiger partial charge in [-0.1, -0.05) is 33.8 Å². The first-order valence-electron chi connectivity index (χ1n) is 22.1. The molecular weight excluding hydrogens is 729 g/mol. The highest BCUT2D eigenvalue weighted by molar-refractivity contribution is 5.83. The zero-order chi connectivity index (χ0) is 40.9. The molecule has 6 rings (SSSR count). The Morgan fingerprint density at radius 1 is 0.702 bits per heavy atom. The molecule has 1 saturated carbocycles. The van der Waals surface area contributed by atoms with E-state index in [4.69, 9.17) is 28.4 Å². The quantitative estimate of drug-likeness (QED) is 0.0826. The topological polar surface area (TPSA) is 155 Å². The molecule has 0 aromatic rings. The predicted octanol–water partition coefficient (Wildman–Crippen LogP) is 3.64. The Labute approximate surface area is 341 Å². The van der Waals surface area contributed by atoms with Gasteiger partial charge in [0.25, 0.3) is 0 Å². The second-order valence-electron chi connectivity index (χ2n) is 18.6. The molecule has 0 radical (unpaired) electrons. The Kier molecular flexibility index (Phi) is 15.6. The first-order chi connectivity index (χ1) is 27.4. The van der Waals surface area contributed by atoms with Gasteiger partial charge in [-0.3, -0.25) is 14.4 Å². The standard InChI is InChI=1S/C44H74N4O9/c1-9-29-26(3)35-23-38-32-12-10-31(42(50)53-7)41(43(51)54-8)44(32,5)39(48-38)24-33-25(2)20-28(45-33)21-36-30(27(4)34(46-36)22-37(29)47-35)11-13-40(49)57-19-18-56-17-16-55-15-14-52-6/h9,25-39,41,45-48H,1,10-24H2,2-8H3/t25?,26?,27?,28?,29?,30?,31?,32?,33?,34?,35?,36?,37?,38?,39?,41-,44+/m1/s1. The van der Waals surface area contributed by atoms with Crippen LogP contribution >= 0.6 is 0 Å². The lowest BCUT2D eigenvalue weighted by atomic mass is 9.54. The van der Waals surface area contributed by atoms with E-state index in [0.29, 0.717) is 87.5 Å². The van der Waals surface area contributed by atoms with Crippen molar-refractivity contribution in [3.63, 3.8) is 0 Å². The number of methoxy groups -OCH3 is 3. The maximum absolute atomic E-state index is 13.8. The number of rotatable bonds is 15. The van der Waals surface area contributed by atoms with Crippen LogP contribution in [0.15, 0.2) is 12.7 Å². The van der Waals surface area contributed by atoms with E-state index >= 15 is 0 Å². The van der Waals surface area contributed by atoms with Gasteiger partial charge in [-0.15, -0.1) is 6.58 Å². The Bertz CT molecular complexity index is 1370. The summed E-state index contributed by atoms with van der Waals surface area (Å²) in [6.45, 7) is 16.3. The molecule has 0 amide bonds. The molecule has 5 saturated heterocycles. The molecule has 13 nitrogen and oxygen atoms in total. The monoisotopic (exact) mass is 803 g/mol. The number of ether oxygens (including phenoxy) is 6. The van der Waals surface area contributed by atoms with Crippen LogP contribution in [0.3, 0.4) is 0 Å². The highest BCUT2D eigenvalue weighted by atomic mass is 16.6. The van der Waals surface area contributed by atoms with Crippen molar-refractivity contribution in [2.75, 3.05) is 61.0 Å². The van der Waals surface area contributed by atoms with Gasteiger partial charge in [-0.25, -0.2) is 0 Å². The van der Waals surface area contributed by atoms with Crippen LogP contribution < -0.4 is 21.3 Å². The van der Waals surface area contributed by atoms with Crippen molar-refractivity contribution in [1.29, 1.82) is 0 Å². The van der Waals surface area contributed by atoms with E-state index in [1.54, 1.807) is 7.11 Å². The van der Waals surface area contributed by atoms with Crippen LogP contribution in [-0.4, -0.2) is 127 Å². The fraction of sp³-hybridized carbons (Fsp3) is 0.886. The molecule has 1 aliphatic carbocycles. The van der Waals surface area contributed by atoms with Crippen LogP contribution in [0.2, 0.25) is 0 Å². The first-order valence-corrected chi connectivity index (χ1v) is 22.1. The van der Waals surface area contributed by atoms with Crippen molar-refractivity contribution in [2.24, 2.45) is 52.8 Å². The molecule has 57 heavy (non-hydrogen) atoms. The fourth-order valence-corrected chi connectivity index (χ4v) is 12.7. The van der Waals surface area contributed by atoms with E-state index in [1.165, 1.54) is 14.2 Å². The molecule has 4 N–H and O–H groups in total. The number of hydrogen-bond donors (Lipinski definition) is 4. The number of carbonyl (C=O) groups excluding carboxylic acids is 3. The van der Waals surface area contributed by atoms with Crippen LogP contribution in [0.25, 0.3) is 0 Å². The van der Waals surface area contributed by atoms with E-state index in [0.717, 1.165) is 44.9 Å². The molecule has 0 aromatic heterocycles. The smallest absolute Gasteiger partial charge is 0.310 e. The molecule has 6 aliphatic rings. The van der Waals surface area contributed by atoms with Crippen LogP contribution in [0.5, 0.6) is 0 Å². The molecule has 13 heteroatoms. The predicted molar refractivity (Wildman–Crippen MR) is 216 cm³/mol. The molecule has 0 aromatic carbocycles. The molecule has 5 aliphatic heterocycles. The highest BCUT2D eigenvalue weighted by Crippen LogP contribution is 2.58. The molecule has 8 bridgehead atoms. The lowest BCUT2D eigenvalue weighted by molar-refractivity contribution is -0.170. The molecule has 17 atom stereocenters. The van der Waals surface area contributed by atoms with Crippen molar-refractivity contribution in [3.05, 3.63) is 12.7 Å². The maximum atomic E-state index is 13.8. The summed E-state index contributed by atoms with van der Waals surface area (Å²) in [5.41, 5.74) is -0.484. The average molecular weight is 803 g/mol. The lowest BCUT2D eigenvalue weighted by Gasteiger charge is -2.49. The lowest BCUT2D eigenvalue weighted by Crippen LogP contribution is -2.55. The van der Waals surface area contributed by atoms with Crippen LogP contribution in [0, 0.1) is 52.8 Å². The summed E-state index contributed by atoms with van der Waals surface area (Å²) in [5, 5.41) is 16.5. The minimum atomic E-state index is -0.583. The number of hydrogen-bond acceptors (Lipinski definition) is 13. The number of esters is 3. The van der Waals surface area contributed by atoms with Crippen LogP contribution in [0.1, 0.15) is 85.5 Å². The third-order valence-electron chi connectivity index (χ3n) is 15.7. The van der Waals surface area contributed by atoms with E-state index in [2.05, 4.69) is 61.6 Å². The van der Waals surface area contributed by atoms with Gasteiger partial charge >= 0.3 is 17.9 Å². The summed E-state index contributed by atoms with van der Waals surface area (Å²) >= 11 is 0. The molecule has 0 spiro atoms. The normalized spacial score (nSPS) is 42.6. The van der Waals surface area contributed by atoms with E-state index < -0.39 is 17.3 Å². The summed E-state index contributed by atoms with van der Waals surface area (Å²) in [7, 11) is 4.52. The Balaban J connectivity index is 1.19. The zero-order valence-electron chi connectivity index (χ0n) is 35.8. The highest BCUT2D eigenvalue weighted by Gasteiger charge is 2.64. The largest absolute Gasteiger partial charge is 0.469 e. The van der Waals surface area contributed by atoms with Gasteiger partial charge in [-0.05, 0) is 86.9 Å². The summed E-state index contributed by atoms with van der Waals surface area (Å²) in [5.74, 6) is 0.207. The van der Waals surface area contributed by atoms with E-state index in [1.807, 2.05) is 0 Å². The van der Waals surface area contributed by atoms with Crippen molar-refractivity contribution in [1.82, 2.24) is 21.3 Å². The SMILES string of the molecule is C=CC1C2CC3NC(CC4CC(C)C(CC5NC(CC(N2)C1C)C1CCC(C(=O)OC)[C@H](C(=O)OC)[C@]51C)N4)C(CCC(=O)OCCOCCOCCOC)C3C.